The van der Waals surface area contributed by atoms with E-state index in [0.717, 1.165) is 51.3 Å². The molecule has 138 valence electrons. The van der Waals surface area contributed by atoms with Crippen molar-refractivity contribution in [2.24, 2.45) is 0 Å². The van der Waals surface area contributed by atoms with Crippen molar-refractivity contribution in [2.45, 2.75) is 25.8 Å². The normalized spacial score (nSPS) is 16.3. The number of carboxylic acid groups (broad SMARTS) is 1. The van der Waals surface area contributed by atoms with Gasteiger partial charge in [-0.1, -0.05) is 42.5 Å². The fourth-order valence-electron chi connectivity index (χ4n) is 3.62. The SMILES string of the molecule is O=C(O)c1cccc(CN2CCCN(CCCc3ccccc3)CC2)c1. The molecule has 2 aromatic carbocycles. The highest BCUT2D eigenvalue weighted by molar-refractivity contribution is 5.87. The van der Waals surface area contributed by atoms with Crippen LogP contribution >= 0.6 is 0 Å². The van der Waals surface area contributed by atoms with Crippen LogP contribution in [0.4, 0.5) is 0 Å². The first kappa shape index (κ1) is 18.6. The maximum Gasteiger partial charge on any atom is 0.335 e. The maximum absolute atomic E-state index is 11.1. The van der Waals surface area contributed by atoms with Crippen LogP contribution in [-0.2, 0) is 13.0 Å². The van der Waals surface area contributed by atoms with Gasteiger partial charge >= 0.3 is 5.97 Å². The van der Waals surface area contributed by atoms with E-state index in [-0.39, 0.29) is 0 Å². The fraction of sp³-hybridized carbons (Fsp3) is 0.409. The Bertz CT molecular complexity index is 702. The van der Waals surface area contributed by atoms with Gasteiger partial charge in [-0.05, 0) is 62.2 Å². The van der Waals surface area contributed by atoms with Crippen molar-refractivity contribution in [3.05, 3.63) is 71.3 Å². The molecule has 0 amide bonds. The average molecular weight is 352 g/mol. The van der Waals surface area contributed by atoms with Gasteiger partial charge < -0.3 is 10.0 Å². The summed E-state index contributed by atoms with van der Waals surface area (Å²) in [5.41, 5.74) is 2.88. The van der Waals surface area contributed by atoms with Gasteiger partial charge in [-0.3, -0.25) is 4.90 Å². The molecule has 4 heteroatoms. The maximum atomic E-state index is 11.1. The van der Waals surface area contributed by atoms with E-state index in [1.807, 2.05) is 12.1 Å². The van der Waals surface area contributed by atoms with Crippen LogP contribution in [0.1, 0.15) is 34.3 Å². The van der Waals surface area contributed by atoms with Gasteiger partial charge in [0.2, 0.25) is 0 Å². The monoisotopic (exact) mass is 352 g/mol. The minimum atomic E-state index is -0.854. The van der Waals surface area contributed by atoms with Gasteiger partial charge in [-0.2, -0.15) is 0 Å². The quantitative estimate of drug-likeness (QED) is 0.828. The summed E-state index contributed by atoms with van der Waals surface area (Å²) in [5.74, 6) is -0.854. The summed E-state index contributed by atoms with van der Waals surface area (Å²) in [6.07, 6.45) is 3.51. The Morgan fingerprint density at radius 1 is 0.885 bits per heavy atom. The molecule has 1 aliphatic rings. The largest absolute Gasteiger partial charge is 0.478 e. The molecule has 1 heterocycles. The minimum Gasteiger partial charge on any atom is -0.478 e. The van der Waals surface area contributed by atoms with Crippen LogP contribution in [0.5, 0.6) is 0 Å². The number of rotatable bonds is 7. The first-order valence-corrected chi connectivity index (χ1v) is 9.51. The lowest BCUT2D eigenvalue weighted by molar-refractivity contribution is 0.0696. The Morgan fingerprint density at radius 2 is 1.62 bits per heavy atom. The summed E-state index contributed by atoms with van der Waals surface area (Å²) in [6, 6.07) is 18.0. The molecular formula is C22H28N2O2. The molecule has 0 spiro atoms. The molecule has 0 radical (unpaired) electrons. The molecule has 3 rings (SSSR count). The van der Waals surface area contributed by atoms with Crippen LogP contribution in [0.2, 0.25) is 0 Å². The van der Waals surface area contributed by atoms with Crippen LogP contribution in [-0.4, -0.2) is 53.6 Å². The van der Waals surface area contributed by atoms with E-state index in [2.05, 4.69) is 40.1 Å². The Hall–Kier alpha value is -2.17. The van der Waals surface area contributed by atoms with Crippen molar-refractivity contribution in [3.63, 3.8) is 0 Å². The van der Waals surface area contributed by atoms with Gasteiger partial charge in [0, 0.05) is 19.6 Å². The third-order valence-corrected chi connectivity index (χ3v) is 5.04. The van der Waals surface area contributed by atoms with Gasteiger partial charge in [0.15, 0.2) is 0 Å². The van der Waals surface area contributed by atoms with E-state index in [4.69, 9.17) is 5.11 Å². The third kappa shape index (κ3) is 5.68. The highest BCUT2D eigenvalue weighted by atomic mass is 16.4. The molecule has 1 saturated heterocycles. The topological polar surface area (TPSA) is 43.8 Å². The Balaban J connectivity index is 1.44. The standard InChI is InChI=1S/C22H28N2O2/c25-22(26)21-11-4-9-20(17-21)18-24-14-6-13-23(15-16-24)12-5-10-19-7-2-1-3-8-19/h1-4,7-9,11,17H,5-6,10,12-16,18H2,(H,25,26). The smallest absolute Gasteiger partial charge is 0.335 e. The van der Waals surface area contributed by atoms with Gasteiger partial charge in [-0.15, -0.1) is 0 Å². The summed E-state index contributed by atoms with van der Waals surface area (Å²) < 4.78 is 0. The zero-order valence-corrected chi connectivity index (χ0v) is 15.3. The second-order valence-corrected chi connectivity index (χ2v) is 7.07. The van der Waals surface area contributed by atoms with E-state index in [0.29, 0.717) is 5.56 Å². The molecule has 0 bridgehead atoms. The van der Waals surface area contributed by atoms with E-state index in [1.54, 1.807) is 12.1 Å². The predicted molar refractivity (Wildman–Crippen MR) is 104 cm³/mol. The van der Waals surface area contributed by atoms with Gasteiger partial charge in [0.05, 0.1) is 5.56 Å². The third-order valence-electron chi connectivity index (χ3n) is 5.04. The number of carboxylic acids is 1. The summed E-state index contributed by atoms with van der Waals surface area (Å²) in [5, 5.41) is 9.14. The Kier molecular flexibility index (Phi) is 6.81. The molecule has 2 aromatic rings. The van der Waals surface area contributed by atoms with Crippen LogP contribution in [0.3, 0.4) is 0 Å². The average Bonchev–Trinajstić information content (AvgIpc) is 2.88. The van der Waals surface area contributed by atoms with Crippen molar-refractivity contribution >= 4 is 5.97 Å². The molecule has 1 aliphatic heterocycles. The first-order chi connectivity index (χ1) is 12.7. The number of hydrogen-bond donors (Lipinski definition) is 1. The highest BCUT2D eigenvalue weighted by Gasteiger charge is 2.15. The second kappa shape index (κ2) is 9.51. The zero-order chi connectivity index (χ0) is 18.2. The Morgan fingerprint density at radius 3 is 2.42 bits per heavy atom. The van der Waals surface area contributed by atoms with Crippen molar-refractivity contribution in [2.75, 3.05) is 32.7 Å². The molecule has 26 heavy (non-hydrogen) atoms. The molecule has 0 aromatic heterocycles. The van der Waals surface area contributed by atoms with Crippen LogP contribution in [0.25, 0.3) is 0 Å². The van der Waals surface area contributed by atoms with E-state index in [9.17, 15) is 4.79 Å². The summed E-state index contributed by atoms with van der Waals surface area (Å²) in [4.78, 5) is 16.1. The van der Waals surface area contributed by atoms with Crippen molar-refractivity contribution < 1.29 is 9.90 Å². The van der Waals surface area contributed by atoms with Gasteiger partial charge in [-0.25, -0.2) is 4.79 Å². The highest BCUT2D eigenvalue weighted by Crippen LogP contribution is 2.12. The van der Waals surface area contributed by atoms with Gasteiger partial charge in [0.25, 0.3) is 0 Å². The number of carbonyl (C=O) groups is 1. The summed E-state index contributed by atoms with van der Waals surface area (Å²) in [6.45, 7) is 6.35. The lowest BCUT2D eigenvalue weighted by Gasteiger charge is -2.22. The number of aryl methyl sites for hydroxylation is 1. The molecular weight excluding hydrogens is 324 g/mol. The minimum absolute atomic E-state index is 0.375. The summed E-state index contributed by atoms with van der Waals surface area (Å²) >= 11 is 0. The fourth-order valence-corrected chi connectivity index (χ4v) is 3.62. The van der Waals surface area contributed by atoms with E-state index in [1.165, 1.54) is 18.4 Å². The first-order valence-electron chi connectivity index (χ1n) is 9.51. The van der Waals surface area contributed by atoms with Crippen LogP contribution in [0, 0.1) is 0 Å². The van der Waals surface area contributed by atoms with Crippen molar-refractivity contribution in [1.29, 1.82) is 0 Å². The molecule has 1 fully saturated rings. The predicted octanol–water partition coefficient (Wildman–Crippen LogP) is 3.53. The second-order valence-electron chi connectivity index (χ2n) is 7.07. The van der Waals surface area contributed by atoms with E-state index >= 15 is 0 Å². The summed E-state index contributed by atoms with van der Waals surface area (Å²) in [7, 11) is 0. The van der Waals surface area contributed by atoms with Crippen LogP contribution < -0.4 is 0 Å². The molecule has 0 atom stereocenters. The number of hydrogen-bond acceptors (Lipinski definition) is 3. The molecule has 4 nitrogen and oxygen atoms in total. The lowest BCUT2D eigenvalue weighted by Crippen LogP contribution is -2.31. The lowest BCUT2D eigenvalue weighted by atomic mass is 10.1. The number of aromatic carboxylic acids is 1. The van der Waals surface area contributed by atoms with Crippen molar-refractivity contribution in [3.8, 4) is 0 Å². The van der Waals surface area contributed by atoms with Gasteiger partial charge in [0.1, 0.15) is 0 Å². The van der Waals surface area contributed by atoms with Crippen molar-refractivity contribution in [1.82, 2.24) is 9.80 Å². The number of nitrogens with zero attached hydrogens (tertiary/aromatic N) is 2. The Labute approximate surface area is 156 Å². The van der Waals surface area contributed by atoms with Crippen LogP contribution in [0.15, 0.2) is 54.6 Å². The zero-order valence-electron chi connectivity index (χ0n) is 15.3. The molecule has 0 unspecified atom stereocenters. The van der Waals surface area contributed by atoms with E-state index < -0.39 is 5.97 Å². The molecule has 1 N–H and O–H groups in total. The number of benzene rings is 2. The molecule has 0 aliphatic carbocycles. The molecule has 0 saturated carbocycles.